The predicted molar refractivity (Wildman–Crippen MR) is 125 cm³/mol. The zero-order valence-electron chi connectivity index (χ0n) is 17.9. The van der Waals surface area contributed by atoms with Gasteiger partial charge in [-0.1, -0.05) is 29.5 Å². The van der Waals surface area contributed by atoms with Gasteiger partial charge in [-0.15, -0.1) is 17.7 Å². The predicted octanol–water partition coefficient (Wildman–Crippen LogP) is 3.05. The molecule has 0 spiro atoms. The van der Waals surface area contributed by atoms with Gasteiger partial charge >= 0.3 is 0 Å². The summed E-state index contributed by atoms with van der Waals surface area (Å²) in [6.07, 6.45) is 1.54. The van der Waals surface area contributed by atoms with Gasteiger partial charge in [0.1, 0.15) is 0 Å². The fourth-order valence-electron chi connectivity index (χ4n) is 3.74. The second-order valence-electron chi connectivity index (χ2n) is 7.57. The number of benzene rings is 2. The Kier molecular flexibility index (Phi) is 8.00. The first-order valence-electron chi connectivity index (χ1n) is 10.4. The van der Waals surface area contributed by atoms with Gasteiger partial charge in [-0.3, -0.25) is 0 Å². The van der Waals surface area contributed by atoms with Crippen molar-refractivity contribution in [3.05, 3.63) is 53.6 Å². The monoisotopic (exact) mass is 441 g/mol. The molecule has 8 nitrogen and oxygen atoms in total. The van der Waals surface area contributed by atoms with Crippen molar-refractivity contribution < 1.29 is 9.90 Å². The number of hydrogen-bond donors (Lipinski definition) is 3. The Morgan fingerprint density at radius 1 is 1.19 bits per heavy atom. The summed E-state index contributed by atoms with van der Waals surface area (Å²) < 4.78 is 0. The first-order chi connectivity index (χ1) is 15.0. The Morgan fingerprint density at radius 3 is 2.58 bits per heavy atom. The van der Waals surface area contributed by atoms with Gasteiger partial charge in [-0.25, -0.2) is 5.01 Å². The second kappa shape index (κ2) is 10.9. The summed E-state index contributed by atoms with van der Waals surface area (Å²) in [4.78, 5) is 13.1. The van der Waals surface area contributed by atoms with Crippen LogP contribution in [0.1, 0.15) is 30.4 Å². The van der Waals surface area contributed by atoms with E-state index in [1.807, 2.05) is 30.3 Å². The number of nitrogens with zero attached hydrogens (tertiary/aromatic N) is 4. The summed E-state index contributed by atoms with van der Waals surface area (Å²) in [6, 6.07) is 14.2. The number of para-hydroxylation sites is 1. The van der Waals surface area contributed by atoms with E-state index in [0.717, 1.165) is 30.9 Å². The maximum atomic E-state index is 10.8. The van der Waals surface area contributed by atoms with Crippen molar-refractivity contribution in [1.82, 2.24) is 5.53 Å². The molecule has 1 aliphatic heterocycles. The number of aryl methyl sites for hydroxylation is 2. The molecule has 0 fully saturated rings. The van der Waals surface area contributed by atoms with Gasteiger partial charge in [0.25, 0.3) is 0 Å². The van der Waals surface area contributed by atoms with Crippen LogP contribution >= 0.6 is 12.6 Å². The summed E-state index contributed by atoms with van der Waals surface area (Å²) in [6.45, 7) is 6.49. The maximum Gasteiger partial charge on any atom is 0.207 e. The molecule has 1 unspecified atom stereocenters. The van der Waals surface area contributed by atoms with Crippen molar-refractivity contribution in [3.63, 3.8) is 0 Å². The first-order valence-corrected chi connectivity index (χ1v) is 10.9. The number of aliphatic carboxylic acids is 1. The molecule has 2 N–H and O–H groups in total. The highest BCUT2D eigenvalue weighted by molar-refractivity contribution is 7.81. The average molecular weight is 442 g/mol. The maximum absolute atomic E-state index is 10.8. The molecule has 0 aromatic heterocycles. The van der Waals surface area contributed by atoms with Gasteiger partial charge < -0.3 is 20.1 Å². The van der Waals surface area contributed by atoms with Crippen LogP contribution in [0, 0.1) is 13.8 Å². The minimum atomic E-state index is -1.00. The molecule has 166 valence electrons. The number of nitrogens with one attached hydrogen (secondary N) is 2. The number of carboxylic acid groups (broad SMARTS) is 1. The third-order valence-electron chi connectivity index (χ3n) is 5.17. The molecule has 2 aromatic carbocycles. The van der Waals surface area contributed by atoms with Crippen LogP contribution in [-0.4, -0.2) is 31.1 Å². The molecule has 3 rings (SSSR count). The molecule has 31 heavy (non-hydrogen) atoms. The molecule has 1 aliphatic rings. The van der Waals surface area contributed by atoms with Gasteiger partial charge in [-0.2, -0.15) is 5.53 Å². The van der Waals surface area contributed by atoms with Gasteiger partial charge in [0, 0.05) is 37.0 Å². The van der Waals surface area contributed by atoms with E-state index < -0.39 is 5.97 Å². The van der Waals surface area contributed by atoms with Crippen molar-refractivity contribution >= 4 is 35.7 Å². The standard InChI is InChI=1S/C22H30N6O2S/c1-16-7-3-8-17(2)21(16)27(13-5-11-20(29)30)14-6-12-23-18-9-4-10-19(15-18)28-22(31)24-25-26-28/h3-4,7-10,15,22-23,31H,5-6,11-14H2,1-2H3,(H,24,26)(H,29,30)/p-1. The van der Waals surface area contributed by atoms with E-state index >= 15 is 0 Å². The van der Waals surface area contributed by atoms with E-state index in [0.29, 0.717) is 13.0 Å². The highest BCUT2D eigenvalue weighted by Crippen LogP contribution is 2.26. The molecule has 0 radical (unpaired) electrons. The fourth-order valence-corrected chi connectivity index (χ4v) is 3.98. The lowest BCUT2D eigenvalue weighted by atomic mass is 10.1. The third kappa shape index (κ3) is 6.27. The molecule has 0 amide bonds. The molecule has 0 aliphatic carbocycles. The average Bonchev–Trinajstić information content (AvgIpc) is 3.16. The topological polar surface area (TPSA) is 95.4 Å². The van der Waals surface area contributed by atoms with Gasteiger partial charge in [0.15, 0.2) is 0 Å². The Labute approximate surface area is 188 Å². The van der Waals surface area contributed by atoms with Crippen molar-refractivity contribution in [1.29, 1.82) is 0 Å². The van der Waals surface area contributed by atoms with Crippen LogP contribution in [-0.2, 0) is 4.79 Å². The van der Waals surface area contributed by atoms with Crippen LogP contribution in [0.2, 0.25) is 0 Å². The van der Waals surface area contributed by atoms with Crippen molar-refractivity contribution in [3.8, 4) is 0 Å². The Balaban J connectivity index is 1.57. The summed E-state index contributed by atoms with van der Waals surface area (Å²) in [7, 11) is 0. The Bertz CT molecular complexity index is 902. The van der Waals surface area contributed by atoms with E-state index in [9.17, 15) is 9.90 Å². The molecule has 2 aromatic rings. The van der Waals surface area contributed by atoms with Crippen molar-refractivity contribution in [2.75, 3.05) is 34.9 Å². The van der Waals surface area contributed by atoms with E-state index in [1.165, 1.54) is 16.8 Å². The molecular weight excluding hydrogens is 412 g/mol. The van der Waals surface area contributed by atoms with Crippen LogP contribution in [0.4, 0.5) is 17.1 Å². The van der Waals surface area contributed by atoms with E-state index in [1.54, 1.807) is 5.01 Å². The van der Waals surface area contributed by atoms with Gasteiger partial charge in [0.2, 0.25) is 5.50 Å². The highest BCUT2D eigenvalue weighted by atomic mass is 32.1. The molecule has 9 heteroatoms. The van der Waals surface area contributed by atoms with E-state index in [-0.39, 0.29) is 11.9 Å². The molecular formula is C22H29N6O2S-. The SMILES string of the molecule is Cc1cccc(C)c1N(CCCNc1cccc(N2NN=NC2S)c1)CCCC(=O)[O-]. The minimum absolute atomic E-state index is 0.0711. The van der Waals surface area contributed by atoms with Crippen molar-refractivity contribution in [2.24, 2.45) is 10.3 Å². The number of rotatable bonds is 11. The lowest BCUT2D eigenvalue weighted by Crippen LogP contribution is -2.34. The van der Waals surface area contributed by atoms with E-state index in [4.69, 9.17) is 0 Å². The zero-order chi connectivity index (χ0) is 22.2. The smallest absolute Gasteiger partial charge is 0.207 e. The number of hydrazine groups is 1. The molecule has 0 bridgehead atoms. The number of carboxylic acids is 1. The fraction of sp³-hybridized carbons (Fsp3) is 0.409. The summed E-state index contributed by atoms with van der Waals surface area (Å²) in [5.41, 5.74) is 7.99. The summed E-state index contributed by atoms with van der Waals surface area (Å²) in [5.74, 6) is -1.00. The largest absolute Gasteiger partial charge is 0.550 e. The van der Waals surface area contributed by atoms with E-state index in [2.05, 4.69) is 64.7 Å². The highest BCUT2D eigenvalue weighted by Gasteiger charge is 2.19. The molecule has 1 atom stereocenters. The lowest BCUT2D eigenvalue weighted by molar-refractivity contribution is -0.305. The van der Waals surface area contributed by atoms with Gasteiger partial charge in [-0.05, 0) is 62.4 Å². The molecule has 0 saturated heterocycles. The quantitative estimate of drug-likeness (QED) is 0.366. The van der Waals surface area contributed by atoms with Crippen molar-refractivity contribution in [2.45, 2.75) is 38.6 Å². The first kappa shape index (κ1) is 22.7. The lowest BCUT2D eigenvalue weighted by Gasteiger charge is -2.28. The Hall–Kier alpha value is -2.94. The van der Waals surface area contributed by atoms with Gasteiger partial charge in [0.05, 0.1) is 5.69 Å². The molecule has 0 saturated carbocycles. The number of carbonyl (C=O) groups excluding carboxylic acids is 1. The number of anilines is 3. The normalized spacial score (nSPS) is 15.1. The molecule has 1 heterocycles. The van der Waals surface area contributed by atoms with Crippen LogP contribution in [0.15, 0.2) is 52.8 Å². The number of carbonyl (C=O) groups is 1. The third-order valence-corrected chi connectivity index (χ3v) is 5.50. The van der Waals surface area contributed by atoms with Crippen LogP contribution in [0.3, 0.4) is 0 Å². The second-order valence-corrected chi connectivity index (χ2v) is 8.03. The Morgan fingerprint density at radius 2 is 1.90 bits per heavy atom. The summed E-state index contributed by atoms with van der Waals surface area (Å²) in [5, 5.41) is 23.8. The zero-order valence-corrected chi connectivity index (χ0v) is 18.8. The van der Waals surface area contributed by atoms with Crippen LogP contribution in [0.25, 0.3) is 0 Å². The number of hydrogen-bond acceptors (Lipinski definition) is 9. The van der Waals surface area contributed by atoms with Crippen LogP contribution in [0.5, 0.6) is 0 Å². The minimum Gasteiger partial charge on any atom is -0.550 e. The van der Waals surface area contributed by atoms with Crippen LogP contribution < -0.4 is 25.9 Å². The summed E-state index contributed by atoms with van der Waals surface area (Å²) >= 11 is 4.37. The number of thiol groups is 1.